The fourth-order valence-corrected chi connectivity index (χ4v) is 1.71. The fraction of sp³-hybridized carbons (Fsp3) is 0.273. The molecule has 1 N–H and O–H groups in total. The molecule has 2 aromatic rings. The first-order valence-electron chi connectivity index (χ1n) is 5.05. The number of hydrogen-bond donors (Lipinski definition) is 1. The Labute approximate surface area is 98.4 Å². The van der Waals surface area contributed by atoms with Crippen LogP contribution in [0.5, 0.6) is 0 Å². The Hall–Kier alpha value is -1.49. The molecular formula is C11H13N3OS. The van der Waals surface area contributed by atoms with Gasteiger partial charge in [0, 0.05) is 17.0 Å². The summed E-state index contributed by atoms with van der Waals surface area (Å²) in [5.74, 6) is 0.614. The van der Waals surface area contributed by atoms with E-state index >= 15 is 0 Å². The van der Waals surface area contributed by atoms with Crippen molar-refractivity contribution < 1.29 is 4.52 Å². The van der Waals surface area contributed by atoms with Gasteiger partial charge in [-0.05, 0) is 37.4 Å². The minimum Gasteiger partial charge on any atom is -0.338 e. The Balaban J connectivity index is 2.21. The molecule has 0 amide bonds. The van der Waals surface area contributed by atoms with Crippen molar-refractivity contribution in [3.05, 3.63) is 24.3 Å². The number of hydrogen-bond acceptors (Lipinski definition) is 5. The van der Waals surface area contributed by atoms with Crippen LogP contribution < -0.4 is 5.32 Å². The van der Waals surface area contributed by atoms with E-state index in [0.29, 0.717) is 11.8 Å². The maximum absolute atomic E-state index is 5.04. The quantitative estimate of drug-likeness (QED) is 0.826. The summed E-state index contributed by atoms with van der Waals surface area (Å²) in [5.41, 5.74) is 0.964. The first kappa shape index (κ1) is 11.0. The van der Waals surface area contributed by atoms with Gasteiger partial charge < -0.3 is 9.84 Å². The molecule has 4 nitrogen and oxygen atoms in total. The number of anilines is 1. The van der Waals surface area contributed by atoms with Gasteiger partial charge >= 0.3 is 6.01 Å². The lowest BCUT2D eigenvalue weighted by Gasteiger charge is -1.96. The van der Waals surface area contributed by atoms with Crippen LogP contribution in [-0.4, -0.2) is 22.9 Å². The molecule has 0 aliphatic carbocycles. The van der Waals surface area contributed by atoms with Gasteiger partial charge in [0.05, 0.1) is 0 Å². The molecule has 0 aliphatic heterocycles. The fourth-order valence-electron chi connectivity index (χ4n) is 1.30. The normalized spacial score (nSPS) is 10.4. The van der Waals surface area contributed by atoms with Crippen LogP contribution in [0, 0.1) is 0 Å². The van der Waals surface area contributed by atoms with Gasteiger partial charge in [-0.1, -0.05) is 5.16 Å². The maximum Gasteiger partial charge on any atom is 0.321 e. The van der Waals surface area contributed by atoms with E-state index in [-0.39, 0.29) is 0 Å². The van der Waals surface area contributed by atoms with E-state index in [1.54, 1.807) is 11.8 Å². The predicted octanol–water partition coefficient (Wildman–Crippen LogP) is 2.89. The third kappa shape index (κ3) is 2.36. The Bertz CT molecular complexity index is 453. The van der Waals surface area contributed by atoms with Crippen LogP contribution in [-0.2, 0) is 0 Å². The smallest absolute Gasteiger partial charge is 0.321 e. The lowest BCUT2D eigenvalue weighted by atomic mass is 10.2. The van der Waals surface area contributed by atoms with E-state index in [1.807, 2.05) is 37.4 Å². The third-order valence-electron chi connectivity index (χ3n) is 2.10. The van der Waals surface area contributed by atoms with E-state index in [4.69, 9.17) is 4.52 Å². The minimum absolute atomic E-state index is 0.464. The average molecular weight is 235 g/mol. The zero-order valence-electron chi connectivity index (χ0n) is 9.23. The lowest BCUT2D eigenvalue weighted by molar-refractivity contribution is 0.432. The molecule has 5 heteroatoms. The summed E-state index contributed by atoms with van der Waals surface area (Å²) < 4.78 is 5.04. The van der Waals surface area contributed by atoms with Crippen molar-refractivity contribution in [3.8, 4) is 11.4 Å². The first-order valence-corrected chi connectivity index (χ1v) is 6.28. The molecule has 2 rings (SSSR count). The van der Waals surface area contributed by atoms with Crippen molar-refractivity contribution in [1.29, 1.82) is 0 Å². The highest BCUT2D eigenvalue weighted by atomic mass is 32.2. The van der Waals surface area contributed by atoms with Gasteiger partial charge in [0.25, 0.3) is 0 Å². The molecule has 0 saturated carbocycles. The number of benzene rings is 1. The molecule has 0 fully saturated rings. The minimum atomic E-state index is 0.464. The van der Waals surface area contributed by atoms with Crippen molar-refractivity contribution in [2.45, 2.75) is 11.8 Å². The second kappa shape index (κ2) is 5.03. The van der Waals surface area contributed by atoms with E-state index in [0.717, 1.165) is 12.1 Å². The highest BCUT2D eigenvalue weighted by Crippen LogP contribution is 2.21. The molecular weight excluding hydrogens is 222 g/mol. The van der Waals surface area contributed by atoms with Crippen molar-refractivity contribution in [2.24, 2.45) is 0 Å². The summed E-state index contributed by atoms with van der Waals surface area (Å²) in [6, 6.07) is 8.54. The number of rotatable bonds is 4. The molecule has 0 atom stereocenters. The Morgan fingerprint density at radius 1 is 1.31 bits per heavy atom. The summed E-state index contributed by atoms with van der Waals surface area (Å²) in [5, 5.41) is 6.88. The Kier molecular flexibility index (Phi) is 3.46. The molecule has 0 saturated heterocycles. The summed E-state index contributed by atoms with van der Waals surface area (Å²) in [6.45, 7) is 2.75. The zero-order chi connectivity index (χ0) is 11.4. The molecule has 0 aliphatic rings. The predicted molar refractivity (Wildman–Crippen MR) is 65.7 cm³/mol. The van der Waals surface area contributed by atoms with Crippen molar-refractivity contribution in [3.63, 3.8) is 0 Å². The van der Waals surface area contributed by atoms with Crippen LogP contribution in [0.3, 0.4) is 0 Å². The van der Waals surface area contributed by atoms with Gasteiger partial charge in [-0.2, -0.15) is 4.98 Å². The van der Waals surface area contributed by atoms with Crippen LogP contribution in [0.2, 0.25) is 0 Å². The van der Waals surface area contributed by atoms with Crippen molar-refractivity contribution >= 4 is 17.8 Å². The lowest BCUT2D eigenvalue weighted by Crippen LogP contribution is -1.95. The second-order valence-corrected chi connectivity index (χ2v) is 4.06. The third-order valence-corrected chi connectivity index (χ3v) is 2.85. The number of thioether (sulfide) groups is 1. The SMILES string of the molecule is CCNc1nc(-c2ccc(SC)cc2)no1. The van der Waals surface area contributed by atoms with E-state index in [2.05, 4.69) is 15.5 Å². The van der Waals surface area contributed by atoms with Gasteiger partial charge in [-0.3, -0.25) is 0 Å². The molecule has 0 spiro atoms. The van der Waals surface area contributed by atoms with Gasteiger partial charge in [0.1, 0.15) is 0 Å². The molecule has 0 radical (unpaired) electrons. The number of aromatic nitrogens is 2. The Morgan fingerprint density at radius 3 is 2.69 bits per heavy atom. The van der Waals surface area contributed by atoms with Gasteiger partial charge in [-0.15, -0.1) is 11.8 Å². The van der Waals surface area contributed by atoms with Gasteiger partial charge in [-0.25, -0.2) is 0 Å². The van der Waals surface area contributed by atoms with Crippen LogP contribution in [0.25, 0.3) is 11.4 Å². The zero-order valence-corrected chi connectivity index (χ0v) is 10.0. The largest absolute Gasteiger partial charge is 0.338 e. The van der Waals surface area contributed by atoms with Crippen LogP contribution in [0.15, 0.2) is 33.7 Å². The number of nitrogens with zero attached hydrogens (tertiary/aromatic N) is 2. The molecule has 16 heavy (non-hydrogen) atoms. The molecule has 1 aromatic carbocycles. The van der Waals surface area contributed by atoms with E-state index in [1.165, 1.54) is 4.90 Å². The summed E-state index contributed by atoms with van der Waals surface area (Å²) in [6.07, 6.45) is 2.05. The highest BCUT2D eigenvalue weighted by molar-refractivity contribution is 7.98. The summed E-state index contributed by atoms with van der Waals surface area (Å²) in [7, 11) is 0. The molecule has 1 heterocycles. The van der Waals surface area contributed by atoms with Crippen molar-refractivity contribution in [1.82, 2.24) is 10.1 Å². The second-order valence-electron chi connectivity index (χ2n) is 3.18. The molecule has 0 bridgehead atoms. The first-order chi connectivity index (χ1) is 7.83. The van der Waals surface area contributed by atoms with Crippen LogP contribution in [0.4, 0.5) is 6.01 Å². The molecule has 1 aromatic heterocycles. The standard InChI is InChI=1S/C11H13N3OS/c1-3-12-11-13-10(14-15-11)8-4-6-9(16-2)7-5-8/h4-7H,3H2,1-2H3,(H,12,13,14). The Morgan fingerprint density at radius 2 is 2.06 bits per heavy atom. The van der Waals surface area contributed by atoms with E-state index < -0.39 is 0 Å². The average Bonchev–Trinajstić information content (AvgIpc) is 2.78. The van der Waals surface area contributed by atoms with Crippen LogP contribution >= 0.6 is 11.8 Å². The van der Waals surface area contributed by atoms with E-state index in [9.17, 15) is 0 Å². The van der Waals surface area contributed by atoms with Crippen molar-refractivity contribution in [2.75, 3.05) is 18.1 Å². The monoisotopic (exact) mass is 235 g/mol. The highest BCUT2D eigenvalue weighted by Gasteiger charge is 2.06. The maximum atomic E-state index is 5.04. The summed E-state index contributed by atoms with van der Waals surface area (Å²) >= 11 is 1.71. The molecule has 84 valence electrons. The van der Waals surface area contributed by atoms with Gasteiger partial charge in [0.2, 0.25) is 5.82 Å². The van der Waals surface area contributed by atoms with Gasteiger partial charge in [0.15, 0.2) is 0 Å². The summed E-state index contributed by atoms with van der Waals surface area (Å²) in [4.78, 5) is 5.45. The topological polar surface area (TPSA) is 51.0 Å². The number of nitrogens with one attached hydrogen (secondary N) is 1. The van der Waals surface area contributed by atoms with Crippen LogP contribution in [0.1, 0.15) is 6.92 Å². The molecule has 0 unspecified atom stereocenters.